The Hall–Kier alpha value is -2.15. The molecule has 0 unspecified atom stereocenters. The van der Waals surface area contributed by atoms with Crippen LogP contribution in [0.3, 0.4) is 0 Å². The molecule has 7 heteroatoms. The summed E-state index contributed by atoms with van der Waals surface area (Å²) in [7, 11) is 0. The van der Waals surface area contributed by atoms with Crippen molar-refractivity contribution in [3.05, 3.63) is 35.4 Å². The Balaban J connectivity index is 1.64. The third kappa shape index (κ3) is 2.89. The Labute approximate surface area is 129 Å². The van der Waals surface area contributed by atoms with E-state index in [-0.39, 0.29) is 17.9 Å². The van der Waals surface area contributed by atoms with E-state index in [0.717, 1.165) is 29.8 Å². The first-order valence-corrected chi connectivity index (χ1v) is 7.59. The highest BCUT2D eigenvalue weighted by molar-refractivity contribution is 5.79. The molecular weight excluding hydrogens is 282 g/mol. The minimum Gasteiger partial charge on any atom is -0.373 e. The molecule has 1 amide bonds. The molecule has 1 fully saturated rings. The Morgan fingerprint density at radius 2 is 2.41 bits per heavy atom. The van der Waals surface area contributed by atoms with E-state index in [1.54, 1.807) is 12.4 Å². The summed E-state index contributed by atoms with van der Waals surface area (Å²) in [6.07, 6.45) is 6.02. The van der Waals surface area contributed by atoms with E-state index >= 15 is 0 Å². The molecule has 3 rings (SSSR count). The molecule has 2 N–H and O–H groups in total. The molecule has 22 heavy (non-hydrogen) atoms. The van der Waals surface area contributed by atoms with Crippen LogP contribution in [0.2, 0.25) is 0 Å². The second-order valence-corrected chi connectivity index (χ2v) is 5.55. The maximum Gasteiger partial charge on any atom is 0.226 e. The topological polar surface area (TPSA) is 84.8 Å². The van der Waals surface area contributed by atoms with E-state index in [1.165, 1.54) is 0 Å². The normalized spacial score (nSPS) is 21.2. The minimum absolute atomic E-state index is 0.0207. The lowest BCUT2D eigenvalue weighted by Gasteiger charge is -2.16. The van der Waals surface area contributed by atoms with Gasteiger partial charge in [-0.05, 0) is 20.3 Å². The maximum absolute atomic E-state index is 12.5. The molecular formula is C15H21N5O2. The van der Waals surface area contributed by atoms with Crippen LogP contribution >= 0.6 is 0 Å². The van der Waals surface area contributed by atoms with Gasteiger partial charge in [-0.25, -0.2) is 0 Å². The SMILES string of the molecule is CCn1cc([C@H]2OCC[C@@H]2C(=O)NCc2cn[nH]c2C)cn1. The number of ether oxygens (including phenoxy) is 1. The third-order valence-electron chi connectivity index (χ3n) is 4.12. The van der Waals surface area contributed by atoms with Gasteiger partial charge in [0.05, 0.1) is 24.4 Å². The fourth-order valence-electron chi connectivity index (χ4n) is 2.75. The van der Waals surface area contributed by atoms with Gasteiger partial charge in [-0.2, -0.15) is 10.2 Å². The molecule has 1 aliphatic heterocycles. The molecule has 0 radical (unpaired) electrons. The van der Waals surface area contributed by atoms with Gasteiger partial charge in [-0.15, -0.1) is 0 Å². The zero-order valence-electron chi connectivity index (χ0n) is 12.9. The number of carbonyl (C=O) groups is 1. The van der Waals surface area contributed by atoms with Crippen molar-refractivity contribution in [2.45, 2.75) is 39.5 Å². The number of nitrogens with zero attached hydrogens (tertiary/aromatic N) is 3. The summed E-state index contributed by atoms with van der Waals surface area (Å²) in [5.41, 5.74) is 2.95. The van der Waals surface area contributed by atoms with Crippen molar-refractivity contribution in [3.8, 4) is 0 Å². The lowest BCUT2D eigenvalue weighted by atomic mass is 9.96. The predicted octanol–water partition coefficient (Wildman–Crippen LogP) is 1.33. The number of aryl methyl sites for hydroxylation is 2. The molecule has 2 aromatic rings. The molecule has 2 atom stereocenters. The highest BCUT2D eigenvalue weighted by Crippen LogP contribution is 2.34. The van der Waals surface area contributed by atoms with Crippen LogP contribution in [0.15, 0.2) is 18.6 Å². The van der Waals surface area contributed by atoms with Crippen LogP contribution in [-0.4, -0.2) is 32.5 Å². The number of rotatable bonds is 5. The van der Waals surface area contributed by atoms with Gasteiger partial charge < -0.3 is 10.1 Å². The van der Waals surface area contributed by atoms with Crippen molar-refractivity contribution in [1.82, 2.24) is 25.3 Å². The highest BCUT2D eigenvalue weighted by Gasteiger charge is 2.35. The van der Waals surface area contributed by atoms with Crippen LogP contribution < -0.4 is 5.32 Å². The van der Waals surface area contributed by atoms with E-state index < -0.39 is 0 Å². The van der Waals surface area contributed by atoms with Gasteiger partial charge in [-0.1, -0.05) is 0 Å². The number of nitrogens with one attached hydrogen (secondary N) is 2. The Kier molecular flexibility index (Phi) is 4.24. The van der Waals surface area contributed by atoms with Gasteiger partial charge >= 0.3 is 0 Å². The van der Waals surface area contributed by atoms with Gasteiger partial charge in [0.2, 0.25) is 5.91 Å². The molecule has 3 heterocycles. The number of amides is 1. The van der Waals surface area contributed by atoms with Crippen LogP contribution in [0.5, 0.6) is 0 Å². The molecule has 1 saturated heterocycles. The third-order valence-corrected chi connectivity index (χ3v) is 4.12. The van der Waals surface area contributed by atoms with E-state index in [0.29, 0.717) is 13.2 Å². The maximum atomic E-state index is 12.5. The Bertz CT molecular complexity index is 648. The largest absolute Gasteiger partial charge is 0.373 e. The number of hydrogen-bond acceptors (Lipinski definition) is 4. The lowest BCUT2D eigenvalue weighted by molar-refractivity contribution is -0.126. The summed E-state index contributed by atoms with van der Waals surface area (Å²) in [6.45, 7) is 5.87. The minimum atomic E-state index is -0.203. The number of aromatic nitrogens is 4. The fraction of sp³-hybridized carbons (Fsp3) is 0.533. The summed E-state index contributed by atoms with van der Waals surface area (Å²) < 4.78 is 7.61. The van der Waals surface area contributed by atoms with E-state index in [2.05, 4.69) is 20.6 Å². The first-order valence-electron chi connectivity index (χ1n) is 7.59. The van der Waals surface area contributed by atoms with Crippen LogP contribution in [0.25, 0.3) is 0 Å². The number of hydrogen-bond donors (Lipinski definition) is 2. The molecule has 0 bridgehead atoms. The molecule has 7 nitrogen and oxygen atoms in total. The van der Waals surface area contributed by atoms with Gasteiger partial charge in [0, 0.05) is 42.7 Å². The van der Waals surface area contributed by atoms with Crippen molar-refractivity contribution >= 4 is 5.91 Å². The van der Waals surface area contributed by atoms with Crippen molar-refractivity contribution < 1.29 is 9.53 Å². The summed E-state index contributed by atoms with van der Waals surface area (Å²) in [4.78, 5) is 12.5. The second kappa shape index (κ2) is 6.31. The summed E-state index contributed by atoms with van der Waals surface area (Å²) in [5, 5.41) is 14.1. The van der Waals surface area contributed by atoms with Gasteiger partial charge in [-0.3, -0.25) is 14.6 Å². The molecule has 1 aliphatic rings. The average Bonchev–Trinajstić information content (AvgIpc) is 3.24. The van der Waals surface area contributed by atoms with Crippen molar-refractivity contribution in [1.29, 1.82) is 0 Å². The Morgan fingerprint density at radius 3 is 3.09 bits per heavy atom. The van der Waals surface area contributed by atoms with Gasteiger partial charge in [0.25, 0.3) is 0 Å². The van der Waals surface area contributed by atoms with Crippen molar-refractivity contribution in [2.75, 3.05) is 6.61 Å². The summed E-state index contributed by atoms with van der Waals surface area (Å²) >= 11 is 0. The molecule has 118 valence electrons. The van der Waals surface area contributed by atoms with Crippen molar-refractivity contribution in [2.24, 2.45) is 5.92 Å². The fourth-order valence-corrected chi connectivity index (χ4v) is 2.75. The van der Waals surface area contributed by atoms with E-state index in [9.17, 15) is 4.79 Å². The van der Waals surface area contributed by atoms with E-state index in [1.807, 2.05) is 24.7 Å². The average molecular weight is 303 g/mol. The predicted molar refractivity (Wildman–Crippen MR) is 79.9 cm³/mol. The molecule has 0 aromatic carbocycles. The molecule has 0 aliphatic carbocycles. The van der Waals surface area contributed by atoms with Crippen LogP contribution in [0.4, 0.5) is 0 Å². The number of carbonyl (C=O) groups excluding carboxylic acids is 1. The standard InChI is InChI=1S/C15H21N5O2/c1-3-20-9-12(8-18-20)14-13(4-5-22-14)15(21)16-6-11-7-17-19-10(11)2/h7-9,13-14H,3-6H2,1-2H3,(H,16,21)(H,17,19)/t13-,14+/m0/s1. The zero-order chi connectivity index (χ0) is 15.5. The Morgan fingerprint density at radius 1 is 1.55 bits per heavy atom. The summed E-state index contributed by atoms with van der Waals surface area (Å²) in [5.74, 6) is -0.144. The molecule has 0 spiro atoms. The lowest BCUT2D eigenvalue weighted by Crippen LogP contribution is -2.32. The van der Waals surface area contributed by atoms with Crippen LogP contribution in [0, 0.1) is 12.8 Å². The smallest absolute Gasteiger partial charge is 0.226 e. The number of H-pyrrole nitrogens is 1. The monoisotopic (exact) mass is 303 g/mol. The zero-order valence-corrected chi connectivity index (χ0v) is 12.9. The van der Waals surface area contributed by atoms with Crippen LogP contribution in [-0.2, 0) is 22.6 Å². The van der Waals surface area contributed by atoms with E-state index in [4.69, 9.17) is 4.74 Å². The second-order valence-electron chi connectivity index (χ2n) is 5.55. The first kappa shape index (κ1) is 14.8. The summed E-state index contributed by atoms with van der Waals surface area (Å²) in [6, 6.07) is 0. The number of aromatic amines is 1. The highest BCUT2D eigenvalue weighted by atomic mass is 16.5. The first-order chi connectivity index (χ1) is 10.7. The van der Waals surface area contributed by atoms with Crippen molar-refractivity contribution in [3.63, 3.8) is 0 Å². The van der Waals surface area contributed by atoms with Gasteiger partial charge in [0.1, 0.15) is 0 Å². The molecule has 0 saturated carbocycles. The molecule has 2 aromatic heterocycles. The quantitative estimate of drug-likeness (QED) is 0.872. The van der Waals surface area contributed by atoms with Crippen LogP contribution in [0.1, 0.15) is 36.3 Å². The van der Waals surface area contributed by atoms with Gasteiger partial charge in [0.15, 0.2) is 0 Å².